The van der Waals surface area contributed by atoms with Gasteiger partial charge in [0.2, 0.25) is 0 Å². The summed E-state index contributed by atoms with van der Waals surface area (Å²) in [6, 6.07) is 0.373. The van der Waals surface area contributed by atoms with Gasteiger partial charge < -0.3 is 14.2 Å². The van der Waals surface area contributed by atoms with Crippen LogP contribution in [-0.2, 0) is 14.2 Å². The smallest absolute Gasteiger partial charge is 0.164 e. The maximum absolute atomic E-state index is 6.04. The van der Waals surface area contributed by atoms with Gasteiger partial charge in [0.25, 0.3) is 0 Å². The van der Waals surface area contributed by atoms with Crippen molar-refractivity contribution in [3.05, 3.63) is 12.7 Å². The molecule has 0 saturated carbocycles. The second-order valence-corrected chi connectivity index (χ2v) is 6.17. The van der Waals surface area contributed by atoms with E-state index in [2.05, 4.69) is 11.6 Å². The van der Waals surface area contributed by atoms with E-state index in [9.17, 15) is 0 Å². The quantitative estimate of drug-likeness (QED) is 0.707. The highest BCUT2D eigenvalue weighted by Gasteiger charge is 2.34. The van der Waals surface area contributed by atoms with Crippen molar-refractivity contribution in [3.63, 3.8) is 0 Å². The minimum Gasteiger partial charge on any atom is -0.382 e. The average molecular weight is 296 g/mol. The summed E-state index contributed by atoms with van der Waals surface area (Å²) < 4.78 is 17.1. The molecule has 21 heavy (non-hydrogen) atoms. The summed E-state index contributed by atoms with van der Waals surface area (Å²) in [6.45, 7) is 9.94. The van der Waals surface area contributed by atoms with Crippen LogP contribution in [-0.4, -0.2) is 55.5 Å². The molecule has 2 fully saturated rings. The number of allylic oxidation sites excluding steroid dienone is 1. The van der Waals surface area contributed by atoms with Crippen molar-refractivity contribution in [1.82, 2.24) is 5.01 Å². The lowest BCUT2D eigenvalue weighted by Gasteiger charge is -2.37. The van der Waals surface area contributed by atoms with E-state index in [0.717, 1.165) is 44.5 Å². The van der Waals surface area contributed by atoms with Crippen molar-refractivity contribution in [2.75, 3.05) is 26.9 Å². The van der Waals surface area contributed by atoms with Crippen molar-refractivity contribution >= 4 is 5.71 Å². The van der Waals surface area contributed by atoms with Crippen LogP contribution < -0.4 is 0 Å². The Hall–Kier alpha value is -0.910. The molecule has 0 aromatic rings. The minimum absolute atomic E-state index is 0.00976. The van der Waals surface area contributed by atoms with Gasteiger partial charge in [-0.1, -0.05) is 6.08 Å². The van der Waals surface area contributed by atoms with Crippen LogP contribution in [0, 0.1) is 0 Å². The first-order valence-corrected chi connectivity index (χ1v) is 7.81. The molecule has 2 saturated heterocycles. The van der Waals surface area contributed by atoms with Crippen molar-refractivity contribution in [2.45, 2.75) is 57.5 Å². The highest BCUT2D eigenvalue weighted by molar-refractivity contribution is 5.90. The molecule has 2 atom stereocenters. The first-order valence-electron chi connectivity index (χ1n) is 7.81. The average Bonchev–Trinajstić information content (AvgIpc) is 2.86. The van der Waals surface area contributed by atoms with E-state index in [1.807, 2.05) is 19.9 Å². The molecule has 0 aromatic carbocycles. The normalized spacial score (nSPS) is 30.8. The first kappa shape index (κ1) is 16.5. The van der Waals surface area contributed by atoms with Gasteiger partial charge in [-0.05, 0) is 39.5 Å². The fourth-order valence-corrected chi connectivity index (χ4v) is 2.85. The standard InChI is InChI=1S/C16H28N2O3/c1-5-6-9-15-14(12-20-16(2,3)21-15)17-18-10-7-8-13(18)11-19-4/h5,13,15H,1,6-12H2,2-4H3/b17-14+/t13-,15?/m0/s1. The Morgan fingerprint density at radius 2 is 2.33 bits per heavy atom. The van der Waals surface area contributed by atoms with Crippen LogP contribution in [0.2, 0.25) is 0 Å². The molecule has 2 aliphatic rings. The molecule has 2 aliphatic heterocycles. The lowest BCUT2D eigenvalue weighted by Crippen LogP contribution is -2.47. The molecule has 0 radical (unpaired) electrons. The number of hydrogen-bond donors (Lipinski definition) is 0. The third-order valence-corrected chi connectivity index (χ3v) is 3.96. The summed E-state index contributed by atoms with van der Waals surface area (Å²) >= 11 is 0. The van der Waals surface area contributed by atoms with Crippen LogP contribution in [0.4, 0.5) is 0 Å². The topological polar surface area (TPSA) is 43.3 Å². The van der Waals surface area contributed by atoms with E-state index in [1.165, 1.54) is 0 Å². The SMILES string of the molecule is C=CCCC1OC(C)(C)OC/C1=N\N1CCC[C@H]1COC. The number of hydrazone groups is 1. The molecular formula is C16H28N2O3. The zero-order valence-electron chi connectivity index (χ0n) is 13.5. The fraction of sp³-hybridized carbons (Fsp3) is 0.812. The minimum atomic E-state index is -0.540. The van der Waals surface area contributed by atoms with E-state index < -0.39 is 5.79 Å². The number of ether oxygens (including phenoxy) is 3. The van der Waals surface area contributed by atoms with Gasteiger partial charge in [0, 0.05) is 13.7 Å². The maximum Gasteiger partial charge on any atom is 0.164 e. The second kappa shape index (κ2) is 7.38. The van der Waals surface area contributed by atoms with Gasteiger partial charge in [-0.2, -0.15) is 5.10 Å². The van der Waals surface area contributed by atoms with Crippen molar-refractivity contribution in [2.24, 2.45) is 5.10 Å². The molecule has 5 nitrogen and oxygen atoms in total. The Bertz CT molecular complexity index is 382. The van der Waals surface area contributed by atoms with Crippen LogP contribution in [0.15, 0.2) is 17.8 Å². The molecule has 5 heteroatoms. The summed E-state index contributed by atoms with van der Waals surface area (Å²) in [5.74, 6) is -0.540. The Morgan fingerprint density at radius 3 is 3.05 bits per heavy atom. The Kier molecular flexibility index (Phi) is 5.79. The van der Waals surface area contributed by atoms with Crippen LogP contribution >= 0.6 is 0 Å². The highest BCUT2D eigenvalue weighted by atomic mass is 16.7. The van der Waals surface area contributed by atoms with Crippen LogP contribution in [0.5, 0.6) is 0 Å². The number of nitrogens with zero attached hydrogens (tertiary/aromatic N) is 2. The molecule has 2 rings (SSSR count). The molecule has 0 bridgehead atoms. The molecule has 2 heterocycles. The van der Waals surface area contributed by atoms with Gasteiger partial charge in [-0.15, -0.1) is 6.58 Å². The van der Waals surface area contributed by atoms with E-state index in [1.54, 1.807) is 7.11 Å². The largest absolute Gasteiger partial charge is 0.382 e. The van der Waals surface area contributed by atoms with Gasteiger partial charge in [0.15, 0.2) is 5.79 Å². The van der Waals surface area contributed by atoms with Crippen LogP contribution in [0.25, 0.3) is 0 Å². The lowest BCUT2D eigenvalue weighted by molar-refractivity contribution is -0.235. The zero-order valence-corrected chi connectivity index (χ0v) is 13.5. The molecule has 0 aliphatic carbocycles. The molecule has 0 amide bonds. The van der Waals surface area contributed by atoms with Crippen LogP contribution in [0.3, 0.4) is 0 Å². The number of methoxy groups -OCH3 is 1. The van der Waals surface area contributed by atoms with E-state index in [0.29, 0.717) is 12.6 Å². The lowest BCUT2D eigenvalue weighted by atomic mass is 10.1. The Morgan fingerprint density at radius 1 is 1.52 bits per heavy atom. The van der Waals surface area contributed by atoms with Crippen LogP contribution in [0.1, 0.15) is 39.5 Å². The zero-order chi connectivity index (χ0) is 15.3. The molecule has 0 N–H and O–H groups in total. The van der Waals surface area contributed by atoms with E-state index >= 15 is 0 Å². The fourth-order valence-electron chi connectivity index (χ4n) is 2.85. The second-order valence-electron chi connectivity index (χ2n) is 6.17. The number of hydrogen-bond acceptors (Lipinski definition) is 5. The van der Waals surface area contributed by atoms with Gasteiger partial charge >= 0.3 is 0 Å². The Balaban J connectivity index is 2.07. The van der Waals surface area contributed by atoms with E-state index in [-0.39, 0.29) is 6.10 Å². The van der Waals surface area contributed by atoms with Gasteiger partial charge in [0.1, 0.15) is 6.10 Å². The molecule has 0 spiro atoms. The molecule has 1 unspecified atom stereocenters. The summed E-state index contributed by atoms with van der Waals surface area (Å²) in [7, 11) is 1.74. The van der Waals surface area contributed by atoms with Gasteiger partial charge in [-0.3, -0.25) is 5.01 Å². The van der Waals surface area contributed by atoms with Gasteiger partial charge in [0.05, 0.1) is 25.0 Å². The Labute approximate surface area is 127 Å². The molecule has 120 valence electrons. The predicted octanol–water partition coefficient (Wildman–Crippen LogP) is 2.57. The summed E-state index contributed by atoms with van der Waals surface area (Å²) in [4.78, 5) is 0. The van der Waals surface area contributed by atoms with Crippen molar-refractivity contribution in [1.29, 1.82) is 0 Å². The molecular weight excluding hydrogens is 268 g/mol. The van der Waals surface area contributed by atoms with E-state index in [4.69, 9.17) is 19.3 Å². The first-order chi connectivity index (χ1) is 10.1. The summed E-state index contributed by atoms with van der Waals surface area (Å²) in [6.07, 6.45) is 6.05. The highest BCUT2D eigenvalue weighted by Crippen LogP contribution is 2.25. The van der Waals surface area contributed by atoms with Crippen molar-refractivity contribution < 1.29 is 14.2 Å². The number of rotatable bonds is 6. The maximum atomic E-state index is 6.04. The monoisotopic (exact) mass is 296 g/mol. The third-order valence-electron chi connectivity index (χ3n) is 3.96. The summed E-state index contributed by atoms with van der Waals surface area (Å²) in [5, 5.41) is 6.96. The van der Waals surface area contributed by atoms with Gasteiger partial charge in [-0.25, -0.2) is 0 Å². The van der Waals surface area contributed by atoms with Crippen molar-refractivity contribution in [3.8, 4) is 0 Å². The third kappa shape index (κ3) is 4.53. The summed E-state index contributed by atoms with van der Waals surface area (Å²) in [5.41, 5.74) is 0.985. The molecule has 0 aromatic heterocycles. The predicted molar refractivity (Wildman–Crippen MR) is 83.4 cm³/mol.